The molecule has 3 aromatic rings. The maximum atomic E-state index is 14.0. The lowest BCUT2D eigenvalue weighted by molar-refractivity contribution is 0.0755. The summed E-state index contributed by atoms with van der Waals surface area (Å²) in [6.07, 6.45) is 5.39. The van der Waals surface area contributed by atoms with Crippen molar-refractivity contribution in [3.05, 3.63) is 77.2 Å². The van der Waals surface area contributed by atoms with Crippen LogP contribution in [-0.2, 0) is 11.2 Å². The number of nitrogens with two attached hydrogens (primary N) is 1. The molecule has 0 saturated heterocycles. The Bertz CT molecular complexity index is 1270. The van der Waals surface area contributed by atoms with Gasteiger partial charge in [0.2, 0.25) is 5.89 Å². The van der Waals surface area contributed by atoms with Gasteiger partial charge in [0.05, 0.1) is 18.8 Å². The molecule has 1 unspecified atom stereocenters. The average Bonchev–Trinajstić information content (AvgIpc) is 3.49. The van der Waals surface area contributed by atoms with Crippen molar-refractivity contribution in [3.8, 4) is 11.5 Å². The van der Waals surface area contributed by atoms with Crippen LogP contribution in [0, 0.1) is 17.6 Å². The van der Waals surface area contributed by atoms with Crippen LogP contribution in [0.4, 0.5) is 8.78 Å². The Morgan fingerprint density at radius 3 is 2.29 bits per heavy atom. The van der Waals surface area contributed by atoms with Gasteiger partial charge in [-0.2, -0.15) is 0 Å². The summed E-state index contributed by atoms with van der Waals surface area (Å²) < 4.78 is 39.2. The Balaban J connectivity index is 1.92. The van der Waals surface area contributed by atoms with Gasteiger partial charge in [-0.3, -0.25) is 9.59 Å². The van der Waals surface area contributed by atoms with Crippen LogP contribution >= 0.6 is 0 Å². The molecule has 2 aromatic carbocycles. The molecule has 42 heavy (non-hydrogen) atoms. The Hall–Kier alpha value is -3.63. The van der Waals surface area contributed by atoms with Gasteiger partial charge in [-0.05, 0) is 67.5 Å². The Morgan fingerprint density at radius 2 is 1.69 bits per heavy atom. The lowest BCUT2D eigenvalue weighted by Crippen LogP contribution is -2.51. The molecule has 2 amide bonds. The summed E-state index contributed by atoms with van der Waals surface area (Å²) in [5, 5.41) is 2.92. The van der Waals surface area contributed by atoms with Crippen molar-refractivity contribution in [1.82, 2.24) is 15.2 Å². The fourth-order valence-electron chi connectivity index (χ4n) is 4.61. The van der Waals surface area contributed by atoms with Crippen molar-refractivity contribution >= 4 is 11.8 Å². The monoisotopic (exact) mass is 584 g/mol. The van der Waals surface area contributed by atoms with E-state index in [1.54, 1.807) is 17.0 Å². The highest BCUT2D eigenvalue weighted by molar-refractivity contribution is 6.01. The number of carbonyl (C=O) groups is 2. The first-order valence-corrected chi connectivity index (χ1v) is 14.5. The van der Waals surface area contributed by atoms with Crippen LogP contribution in [0.1, 0.15) is 73.2 Å². The third kappa shape index (κ3) is 9.73. The number of halogens is 2. The zero-order valence-electron chi connectivity index (χ0n) is 24.9. The Morgan fingerprint density at radius 1 is 1.02 bits per heavy atom. The lowest BCUT2D eigenvalue weighted by atomic mass is 9.98. The number of nitrogens with zero attached hydrogens (tertiary/aromatic N) is 2. The van der Waals surface area contributed by atoms with Crippen LogP contribution in [0.15, 0.2) is 53.3 Å². The SMILES string of the molecule is CCCN(CCC)C(=O)c1cc(C(=O)N[C@@H](Cc2cc(F)cc(F)c2)C(N)COCCC(C)C)cc(-c2ncco2)c1. The molecule has 0 spiro atoms. The number of amides is 2. The smallest absolute Gasteiger partial charge is 0.253 e. The molecule has 0 bridgehead atoms. The van der Waals surface area contributed by atoms with E-state index in [9.17, 15) is 18.4 Å². The van der Waals surface area contributed by atoms with E-state index in [0.717, 1.165) is 25.3 Å². The summed E-state index contributed by atoms with van der Waals surface area (Å²) in [5.74, 6) is -1.44. The number of ether oxygens (including phenoxy) is 1. The van der Waals surface area contributed by atoms with E-state index in [0.29, 0.717) is 42.3 Å². The third-order valence-electron chi connectivity index (χ3n) is 6.76. The summed E-state index contributed by atoms with van der Waals surface area (Å²) >= 11 is 0. The predicted molar refractivity (Wildman–Crippen MR) is 158 cm³/mol. The van der Waals surface area contributed by atoms with Crippen LogP contribution in [0.25, 0.3) is 11.5 Å². The summed E-state index contributed by atoms with van der Waals surface area (Å²) in [7, 11) is 0. The fraction of sp³-hybridized carbons (Fsp3) is 0.469. The maximum Gasteiger partial charge on any atom is 0.253 e. The highest BCUT2D eigenvalue weighted by atomic mass is 19.1. The molecule has 2 atom stereocenters. The van der Waals surface area contributed by atoms with Gasteiger partial charge in [0.25, 0.3) is 11.8 Å². The van der Waals surface area contributed by atoms with E-state index >= 15 is 0 Å². The standard InChI is InChI=1S/C32H42F2N4O4/c1-5-9-38(10-6-2)32(40)25-17-23(16-24(18-25)31-36-8-12-42-31)30(39)37-29(28(35)20-41-11-7-21(3)4)15-22-13-26(33)19-27(34)14-22/h8,12-14,16-19,21,28-29H,5-7,9-11,15,20,35H2,1-4H3,(H,37,39)/t28?,29-/m0/s1. The second-order valence-electron chi connectivity index (χ2n) is 10.9. The van der Waals surface area contributed by atoms with Gasteiger partial charge in [0.15, 0.2) is 0 Å². The van der Waals surface area contributed by atoms with Gasteiger partial charge < -0.3 is 25.1 Å². The number of hydrogen-bond donors (Lipinski definition) is 2. The maximum absolute atomic E-state index is 14.0. The van der Waals surface area contributed by atoms with Gasteiger partial charge in [0.1, 0.15) is 17.9 Å². The average molecular weight is 585 g/mol. The van der Waals surface area contributed by atoms with Gasteiger partial charge >= 0.3 is 0 Å². The molecule has 0 aliphatic carbocycles. The molecule has 3 N–H and O–H groups in total. The zero-order valence-corrected chi connectivity index (χ0v) is 24.9. The summed E-state index contributed by atoms with van der Waals surface area (Å²) in [6, 6.07) is 6.60. The summed E-state index contributed by atoms with van der Waals surface area (Å²) in [5.41, 5.74) is 7.79. The van der Waals surface area contributed by atoms with Crippen LogP contribution in [0.5, 0.6) is 0 Å². The normalized spacial score (nSPS) is 12.8. The second-order valence-corrected chi connectivity index (χ2v) is 10.9. The van der Waals surface area contributed by atoms with Crippen LogP contribution in [0.3, 0.4) is 0 Å². The van der Waals surface area contributed by atoms with Crippen molar-refractivity contribution in [1.29, 1.82) is 0 Å². The number of aromatic nitrogens is 1. The summed E-state index contributed by atoms with van der Waals surface area (Å²) in [6.45, 7) is 9.95. The lowest BCUT2D eigenvalue weighted by Gasteiger charge is -2.26. The molecule has 1 aromatic heterocycles. The molecule has 3 rings (SSSR count). The first kappa shape index (κ1) is 32.9. The highest BCUT2D eigenvalue weighted by Crippen LogP contribution is 2.23. The number of rotatable bonds is 16. The summed E-state index contributed by atoms with van der Waals surface area (Å²) in [4.78, 5) is 33.1. The van der Waals surface area contributed by atoms with Crippen molar-refractivity contribution in [3.63, 3.8) is 0 Å². The van der Waals surface area contributed by atoms with Crippen LogP contribution in [0.2, 0.25) is 0 Å². The number of nitrogens with one attached hydrogen (secondary N) is 1. The molecule has 0 aliphatic rings. The minimum absolute atomic E-state index is 0.0706. The Labute approximate surface area is 246 Å². The van der Waals surface area contributed by atoms with Gasteiger partial charge in [-0.1, -0.05) is 27.7 Å². The molecule has 228 valence electrons. The first-order valence-electron chi connectivity index (χ1n) is 14.5. The Kier molecular flexibility index (Phi) is 12.6. The van der Waals surface area contributed by atoms with E-state index in [1.165, 1.54) is 30.7 Å². The quantitative estimate of drug-likeness (QED) is 0.212. The number of hydrogen-bond acceptors (Lipinski definition) is 6. The molecule has 0 saturated carbocycles. The van der Waals surface area contributed by atoms with E-state index in [1.807, 2.05) is 13.8 Å². The van der Waals surface area contributed by atoms with E-state index in [2.05, 4.69) is 24.1 Å². The van der Waals surface area contributed by atoms with Crippen molar-refractivity contribution in [2.45, 2.75) is 65.5 Å². The highest BCUT2D eigenvalue weighted by Gasteiger charge is 2.25. The van der Waals surface area contributed by atoms with Crippen LogP contribution in [-0.4, -0.2) is 60.1 Å². The third-order valence-corrected chi connectivity index (χ3v) is 6.76. The largest absolute Gasteiger partial charge is 0.445 e. The zero-order chi connectivity index (χ0) is 30.6. The van der Waals surface area contributed by atoms with E-state index in [4.69, 9.17) is 14.9 Å². The first-order chi connectivity index (χ1) is 20.1. The number of oxazole rings is 1. The topological polar surface area (TPSA) is 111 Å². The van der Waals surface area contributed by atoms with Gasteiger partial charge in [-0.15, -0.1) is 0 Å². The van der Waals surface area contributed by atoms with Gasteiger partial charge in [-0.25, -0.2) is 13.8 Å². The fourth-order valence-corrected chi connectivity index (χ4v) is 4.61. The predicted octanol–water partition coefficient (Wildman–Crippen LogP) is 5.61. The van der Waals surface area contributed by atoms with E-state index in [-0.39, 0.29) is 30.4 Å². The molecule has 10 heteroatoms. The second kappa shape index (κ2) is 16.1. The van der Waals surface area contributed by atoms with Crippen molar-refractivity contribution in [2.24, 2.45) is 11.7 Å². The molecule has 0 aliphatic heterocycles. The van der Waals surface area contributed by atoms with Crippen molar-refractivity contribution < 1.29 is 27.5 Å². The number of carbonyl (C=O) groups excluding carboxylic acids is 2. The molecular formula is C32H42F2N4O4. The minimum atomic E-state index is -0.723. The van der Waals surface area contributed by atoms with E-state index < -0.39 is 29.6 Å². The molecule has 0 radical (unpaired) electrons. The molecule has 1 heterocycles. The molecular weight excluding hydrogens is 542 g/mol. The number of benzene rings is 2. The molecule has 0 fully saturated rings. The van der Waals surface area contributed by atoms with Crippen LogP contribution < -0.4 is 11.1 Å². The molecule has 8 nitrogen and oxygen atoms in total. The van der Waals surface area contributed by atoms with Gasteiger partial charge in [0, 0.05) is 48.5 Å². The van der Waals surface area contributed by atoms with Crippen molar-refractivity contribution in [2.75, 3.05) is 26.3 Å². The minimum Gasteiger partial charge on any atom is -0.445 e.